The molecule has 1 aliphatic rings. The molecule has 0 bridgehead atoms. The molecule has 0 atom stereocenters. The fourth-order valence-corrected chi connectivity index (χ4v) is 5.75. The number of rotatable bonds is 5. The van der Waals surface area contributed by atoms with E-state index in [0.717, 1.165) is 16.3 Å². The maximum atomic E-state index is 12.9. The molecule has 0 amide bonds. The Morgan fingerprint density at radius 2 is 1.83 bits per heavy atom. The number of esters is 1. The van der Waals surface area contributed by atoms with Crippen molar-refractivity contribution in [2.75, 3.05) is 13.1 Å². The molecule has 3 aromatic rings. The van der Waals surface area contributed by atoms with E-state index >= 15 is 0 Å². The van der Waals surface area contributed by atoms with E-state index in [0.29, 0.717) is 18.5 Å². The van der Waals surface area contributed by atoms with Crippen molar-refractivity contribution in [2.24, 2.45) is 5.92 Å². The summed E-state index contributed by atoms with van der Waals surface area (Å²) >= 11 is 0. The zero-order chi connectivity index (χ0) is 21.3. The lowest BCUT2D eigenvalue weighted by Gasteiger charge is -2.30. The Labute approximate surface area is 175 Å². The molecule has 2 aromatic carbocycles. The van der Waals surface area contributed by atoms with Crippen LogP contribution in [-0.2, 0) is 26.2 Å². The van der Waals surface area contributed by atoms with E-state index in [2.05, 4.69) is 5.16 Å². The van der Waals surface area contributed by atoms with Crippen molar-refractivity contribution in [1.29, 1.82) is 0 Å². The van der Waals surface area contributed by atoms with E-state index in [1.54, 1.807) is 13.8 Å². The van der Waals surface area contributed by atoms with Crippen molar-refractivity contribution >= 4 is 26.8 Å². The minimum atomic E-state index is -3.68. The van der Waals surface area contributed by atoms with Crippen molar-refractivity contribution in [3.63, 3.8) is 0 Å². The fourth-order valence-electron chi connectivity index (χ4n) is 3.99. The highest BCUT2D eigenvalue weighted by molar-refractivity contribution is 7.89. The summed E-state index contributed by atoms with van der Waals surface area (Å²) in [6.07, 6.45) is 0.855. The molecule has 1 saturated heterocycles. The van der Waals surface area contributed by atoms with Crippen LogP contribution in [0.15, 0.2) is 51.9 Å². The van der Waals surface area contributed by atoms with Gasteiger partial charge >= 0.3 is 5.97 Å². The number of hydrogen-bond donors (Lipinski definition) is 0. The maximum absolute atomic E-state index is 12.9. The third kappa shape index (κ3) is 3.85. The largest absolute Gasteiger partial charge is 0.461 e. The molecule has 2 heterocycles. The Balaban J connectivity index is 1.38. The van der Waals surface area contributed by atoms with Crippen LogP contribution < -0.4 is 0 Å². The molecule has 0 spiro atoms. The van der Waals surface area contributed by atoms with Gasteiger partial charge in [-0.05, 0) is 43.0 Å². The summed E-state index contributed by atoms with van der Waals surface area (Å²) in [6, 6.07) is 13.9. The van der Waals surface area contributed by atoms with Gasteiger partial charge in [0.15, 0.2) is 5.76 Å². The lowest BCUT2D eigenvalue weighted by molar-refractivity contribution is -0.151. The molecule has 0 N–H and O–H groups in total. The number of benzene rings is 2. The molecule has 1 aliphatic heterocycles. The Hall–Kier alpha value is -2.71. The molecule has 158 valence electrons. The predicted octanol–water partition coefficient (Wildman–Crippen LogP) is 3.59. The van der Waals surface area contributed by atoms with Crippen molar-refractivity contribution in [3.05, 3.63) is 59.5 Å². The third-order valence-electron chi connectivity index (χ3n) is 5.60. The van der Waals surface area contributed by atoms with E-state index in [9.17, 15) is 13.2 Å². The number of aromatic nitrogens is 1. The van der Waals surface area contributed by atoms with Crippen molar-refractivity contribution in [1.82, 2.24) is 9.46 Å². The van der Waals surface area contributed by atoms with E-state index in [-0.39, 0.29) is 42.2 Å². The molecular formula is C22H24N2O5S. The second-order valence-corrected chi connectivity index (χ2v) is 9.45. The smallest absolute Gasteiger partial charge is 0.309 e. The second-order valence-electron chi connectivity index (χ2n) is 7.58. The van der Waals surface area contributed by atoms with Gasteiger partial charge in [-0.1, -0.05) is 47.6 Å². The van der Waals surface area contributed by atoms with Crippen LogP contribution >= 0.6 is 0 Å². The number of carbonyl (C=O) groups is 1. The highest BCUT2D eigenvalue weighted by Gasteiger charge is 2.35. The Morgan fingerprint density at radius 3 is 2.53 bits per heavy atom. The number of hydrogen-bond acceptors (Lipinski definition) is 6. The normalized spacial score (nSPS) is 16.1. The van der Waals surface area contributed by atoms with Crippen LogP contribution in [0.5, 0.6) is 0 Å². The van der Waals surface area contributed by atoms with Crippen molar-refractivity contribution < 1.29 is 22.5 Å². The summed E-state index contributed by atoms with van der Waals surface area (Å²) in [5.41, 5.74) is 1.31. The highest BCUT2D eigenvalue weighted by Crippen LogP contribution is 2.28. The molecule has 7 nitrogen and oxygen atoms in total. The number of piperidine rings is 1. The quantitative estimate of drug-likeness (QED) is 0.577. The van der Waals surface area contributed by atoms with Gasteiger partial charge in [0.05, 0.1) is 5.92 Å². The minimum Gasteiger partial charge on any atom is -0.461 e. The standard InChI is InChI=1S/C22H24N2O5S/c1-15-21(16(2)29-23-15)30(26,27)24-12-10-18(11-13-24)22(25)28-14-19-8-5-7-17-6-3-4-9-20(17)19/h3-9,18H,10-14H2,1-2H3. The molecule has 0 saturated carbocycles. The molecule has 4 rings (SSSR count). The topological polar surface area (TPSA) is 89.7 Å². The van der Waals surface area contributed by atoms with Gasteiger partial charge in [-0.25, -0.2) is 8.42 Å². The summed E-state index contributed by atoms with van der Waals surface area (Å²) < 4.78 is 37.8. The lowest BCUT2D eigenvalue weighted by atomic mass is 9.98. The SMILES string of the molecule is Cc1noc(C)c1S(=O)(=O)N1CCC(C(=O)OCc2cccc3ccccc23)CC1. The van der Waals surface area contributed by atoms with Gasteiger partial charge in [-0.15, -0.1) is 0 Å². The van der Waals surface area contributed by atoms with Crippen LogP contribution in [0.2, 0.25) is 0 Å². The van der Waals surface area contributed by atoms with Gasteiger partial charge in [0.1, 0.15) is 17.2 Å². The van der Waals surface area contributed by atoms with Crippen LogP contribution in [0.3, 0.4) is 0 Å². The first kappa shape index (κ1) is 20.6. The van der Waals surface area contributed by atoms with Crippen LogP contribution in [-0.4, -0.2) is 36.9 Å². The van der Waals surface area contributed by atoms with Gasteiger partial charge < -0.3 is 9.26 Å². The summed E-state index contributed by atoms with van der Waals surface area (Å²) in [5.74, 6) is -0.308. The fraction of sp³-hybridized carbons (Fsp3) is 0.364. The molecule has 1 aromatic heterocycles. The van der Waals surface area contributed by atoms with E-state index in [1.807, 2.05) is 42.5 Å². The van der Waals surface area contributed by atoms with Gasteiger partial charge in [-0.3, -0.25) is 4.79 Å². The predicted molar refractivity (Wildman–Crippen MR) is 111 cm³/mol. The zero-order valence-corrected chi connectivity index (χ0v) is 17.8. The van der Waals surface area contributed by atoms with E-state index in [1.165, 1.54) is 4.31 Å². The summed E-state index contributed by atoms with van der Waals surface area (Å²) in [6.45, 7) is 3.93. The van der Waals surface area contributed by atoms with Gasteiger partial charge in [0.2, 0.25) is 10.0 Å². The summed E-state index contributed by atoms with van der Waals surface area (Å²) in [4.78, 5) is 12.7. The average Bonchev–Trinajstić information content (AvgIpc) is 3.10. The Morgan fingerprint density at radius 1 is 1.13 bits per heavy atom. The molecule has 1 fully saturated rings. The number of ether oxygens (including phenoxy) is 1. The third-order valence-corrected chi connectivity index (χ3v) is 7.75. The maximum Gasteiger partial charge on any atom is 0.309 e. The Kier molecular flexibility index (Phi) is 5.62. The molecule has 30 heavy (non-hydrogen) atoms. The number of nitrogens with zero attached hydrogens (tertiary/aromatic N) is 2. The number of aryl methyl sites for hydroxylation is 2. The first-order chi connectivity index (χ1) is 14.4. The first-order valence-electron chi connectivity index (χ1n) is 9.94. The highest BCUT2D eigenvalue weighted by atomic mass is 32.2. The van der Waals surface area contributed by atoms with Gasteiger partial charge in [0, 0.05) is 13.1 Å². The van der Waals surface area contributed by atoms with Crippen LogP contribution in [0.4, 0.5) is 0 Å². The zero-order valence-electron chi connectivity index (χ0n) is 17.0. The monoisotopic (exact) mass is 428 g/mol. The van der Waals surface area contributed by atoms with Crippen molar-refractivity contribution in [2.45, 2.75) is 38.2 Å². The number of carbonyl (C=O) groups excluding carboxylic acids is 1. The lowest BCUT2D eigenvalue weighted by Crippen LogP contribution is -2.40. The van der Waals surface area contributed by atoms with Gasteiger partial charge in [0.25, 0.3) is 0 Å². The molecule has 0 unspecified atom stereocenters. The van der Waals surface area contributed by atoms with Crippen LogP contribution in [0.1, 0.15) is 29.9 Å². The van der Waals surface area contributed by atoms with Crippen LogP contribution in [0.25, 0.3) is 10.8 Å². The Bertz CT molecular complexity index is 1150. The number of sulfonamides is 1. The minimum absolute atomic E-state index is 0.125. The number of fused-ring (bicyclic) bond motifs is 1. The molecule has 0 aliphatic carbocycles. The van der Waals surface area contributed by atoms with Crippen molar-refractivity contribution in [3.8, 4) is 0 Å². The second kappa shape index (κ2) is 8.20. The van der Waals surface area contributed by atoms with Crippen LogP contribution in [0, 0.1) is 19.8 Å². The van der Waals surface area contributed by atoms with Gasteiger partial charge in [-0.2, -0.15) is 4.31 Å². The molecule has 8 heteroatoms. The molecular weight excluding hydrogens is 404 g/mol. The average molecular weight is 429 g/mol. The summed E-state index contributed by atoms with van der Waals surface area (Å²) in [7, 11) is -3.68. The van der Waals surface area contributed by atoms with E-state index in [4.69, 9.17) is 9.26 Å². The summed E-state index contributed by atoms with van der Waals surface area (Å²) in [5, 5.41) is 5.90. The molecule has 0 radical (unpaired) electrons. The first-order valence-corrected chi connectivity index (χ1v) is 11.4. The van der Waals surface area contributed by atoms with E-state index < -0.39 is 10.0 Å².